The zero-order chi connectivity index (χ0) is 13.9. The third-order valence-corrected chi connectivity index (χ3v) is 5.76. The lowest BCUT2D eigenvalue weighted by molar-refractivity contribution is -0.119. The second kappa shape index (κ2) is 6.41. The van der Waals surface area contributed by atoms with Crippen LogP contribution in [0.4, 0.5) is 0 Å². The second-order valence-corrected chi connectivity index (χ2v) is 7.89. The molecular weight excluding hydrogens is 292 g/mol. The van der Waals surface area contributed by atoms with Crippen molar-refractivity contribution in [1.29, 1.82) is 0 Å². The minimum Gasteiger partial charge on any atom is -0.353 e. The maximum atomic E-state index is 11.9. The highest BCUT2D eigenvalue weighted by molar-refractivity contribution is 8.01. The molecule has 5 nitrogen and oxygen atoms in total. The Morgan fingerprint density at radius 2 is 2.10 bits per heavy atom. The Morgan fingerprint density at radius 1 is 1.35 bits per heavy atom. The van der Waals surface area contributed by atoms with Gasteiger partial charge in [0.1, 0.15) is 5.01 Å². The first kappa shape index (κ1) is 14.3. The van der Waals surface area contributed by atoms with Crippen molar-refractivity contribution in [2.45, 2.75) is 49.0 Å². The number of likely N-dealkylation sites (tertiary alicyclic amines) is 1. The SMILES string of the molecule is Cc1nnc(SCC(=O)NC2CCN(C3CC3)CC2)s1. The molecule has 2 fully saturated rings. The number of nitrogens with one attached hydrogen (secondary N) is 1. The zero-order valence-corrected chi connectivity index (χ0v) is 13.3. The molecule has 2 heterocycles. The van der Waals surface area contributed by atoms with Gasteiger partial charge in [0, 0.05) is 25.2 Å². The highest BCUT2D eigenvalue weighted by Gasteiger charge is 2.32. The van der Waals surface area contributed by atoms with Gasteiger partial charge in [-0.05, 0) is 32.6 Å². The molecule has 1 amide bonds. The van der Waals surface area contributed by atoms with Crippen molar-refractivity contribution in [1.82, 2.24) is 20.4 Å². The smallest absolute Gasteiger partial charge is 0.230 e. The van der Waals surface area contributed by atoms with Crippen LogP contribution >= 0.6 is 23.1 Å². The molecule has 0 atom stereocenters. The van der Waals surface area contributed by atoms with Gasteiger partial charge in [0.25, 0.3) is 0 Å². The molecule has 0 spiro atoms. The van der Waals surface area contributed by atoms with Gasteiger partial charge >= 0.3 is 0 Å². The number of nitrogens with zero attached hydrogens (tertiary/aromatic N) is 3. The maximum absolute atomic E-state index is 11.9. The number of hydrogen-bond acceptors (Lipinski definition) is 6. The topological polar surface area (TPSA) is 58.1 Å². The molecule has 1 aromatic heterocycles. The summed E-state index contributed by atoms with van der Waals surface area (Å²) in [5.74, 6) is 0.560. The van der Waals surface area contributed by atoms with Gasteiger partial charge < -0.3 is 10.2 Å². The van der Waals surface area contributed by atoms with E-state index in [2.05, 4.69) is 20.4 Å². The minimum atomic E-state index is 0.118. The summed E-state index contributed by atoms with van der Waals surface area (Å²) in [6.45, 7) is 4.20. The van der Waals surface area contributed by atoms with Crippen molar-refractivity contribution in [2.24, 2.45) is 0 Å². The quantitative estimate of drug-likeness (QED) is 0.838. The predicted octanol–water partition coefficient (Wildman–Crippen LogP) is 1.68. The van der Waals surface area contributed by atoms with Crippen molar-refractivity contribution in [3.63, 3.8) is 0 Å². The Balaban J connectivity index is 1.36. The highest BCUT2D eigenvalue weighted by Crippen LogP contribution is 2.29. The van der Waals surface area contributed by atoms with Crippen LogP contribution in [0.5, 0.6) is 0 Å². The summed E-state index contributed by atoms with van der Waals surface area (Å²) >= 11 is 3.02. The van der Waals surface area contributed by atoms with Crippen LogP contribution < -0.4 is 5.32 Å². The number of carbonyl (C=O) groups excluding carboxylic acids is 1. The lowest BCUT2D eigenvalue weighted by atomic mass is 10.1. The molecule has 20 heavy (non-hydrogen) atoms. The van der Waals surface area contributed by atoms with E-state index >= 15 is 0 Å². The van der Waals surface area contributed by atoms with Gasteiger partial charge in [0.15, 0.2) is 4.34 Å². The molecular formula is C13H20N4OS2. The molecule has 0 unspecified atom stereocenters. The average Bonchev–Trinajstić information content (AvgIpc) is 3.20. The van der Waals surface area contributed by atoms with Gasteiger partial charge in [0.05, 0.1) is 5.75 Å². The average molecular weight is 312 g/mol. The van der Waals surface area contributed by atoms with Gasteiger partial charge in [-0.3, -0.25) is 4.79 Å². The van der Waals surface area contributed by atoms with Gasteiger partial charge in [-0.25, -0.2) is 0 Å². The van der Waals surface area contributed by atoms with E-state index < -0.39 is 0 Å². The largest absolute Gasteiger partial charge is 0.353 e. The van der Waals surface area contributed by atoms with Crippen LogP contribution in [0.2, 0.25) is 0 Å². The van der Waals surface area contributed by atoms with E-state index in [4.69, 9.17) is 0 Å². The van der Waals surface area contributed by atoms with Crippen LogP contribution in [-0.2, 0) is 4.79 Å². The molecule has 1 aromatic rings. The number of thioether (sulfide) groups is 1. The Hall–Kier alpha value is -0.660. The van der Waals surface area contributed by atoms with Crippen LogP contribution in [0.1, 0.15) is 30.7 Å². The van der Waals surface area contributed by atoms with Crippen LogP contribution in [-0.4, -0.2) is 51.9 Å². The molecule has 1 N–H and O–H groups in total. The number of aromatic nitrogens is 2. The monoisotopic (exact) mass is 312 g/mol. The Labute approximate surface area is 127 Å². The fraction of sp³-hybridized carbons (Fsp3) is 0.769. The van der Waals surface area contributed by atoms with Crippen LogP contribution in [0.15, 0.2) is 4.34 Å². The standard InChI is InChI=1S/C13H20N4OS2/c1-9-15-16-13(20-9)19-8-12(18)14-10-4-6-17(7-5-10)11-2-3-11/h10-11H,2-8H2,1H3,(H,14,18). The lowest BCUT2D eigenvalue weighted by Gasteiger charge is -2.32. The third kappa shape index (κ3) is 3.93. The van der Waals surface area contributed by atoms with Crippen LogP contribution in [0.25, 0.3) is 0 Å². The molecule has 1 saturated carbocycles. The molecule has 1 aliphatic carbocycles. The van der Waals surface area contributed by atoms with Crippen LogP contribution in [0, 0.1) is 6.92 Å². The molecule has 0 bridgehead atoms. The zero-order valence-electron chi connectivity index (χ0n) is 11.7. The van der Waals surface area contributed by atoms with E-state index in [1.54, 1.807) is 11.3 Å². The van der Waals surface area contributed by atoms with E-state index in [-0.39, 0.29) is 5.91 Å². The number of piperidine rings is 1. The fourth-order valence-corrected chi connectivity index (χ4v) is 4.21. The first-order valence-electron chi connectivity index (χ1n) is 7.17. The molecule has 3 rings (SSSR count). The number of amides is 1. The second-order valence-electron chi connectivity index (χ2n) is 5.48. The van der Waals surface area contributed by atoms with Gasteiger partial charge in [-0.2, -0.15) is 0 Å². The fourth-order valence-electron chi connectivity index (χ4n) is 2.58. The van der Waals surface area contributed by atoms with Gasteiger partial charge in [-0.15, -0.1) is 10.2 Å². The summed E-state index contributed by atoms with van der Waals surface area (Å²) in [6, 6.07) is 1.21. The first-order valence-corrected chi connectivity index (χ1v) is 8.97. The molecule has 110 valence electrons. The third-order valence-electron chi connectivity index (χ3n) is 3.79. The first-order chi connectivity index (χ1) is 9.70. The summed E-state index contributed by atoms with van der Waals surface area (Å²) in [4.78, 5) is 14.5. The Kier molecular flexibility index (Phi) is 4.58. The number of hydrogen-bond donors (Lipinski definition) is 1. The van der Waals surface area contributed by atoms with Gasteiger partial charge in [-0.1, -0.05) is 23.1 Å². The normalized spacial score (nSPS) is 21.1. The molecule has 7 heteroatoms. The lowest BCUT2D eigenvalue weighted by Crippen LogP contribution is -2.45. The molecule has 1 saturated heterocycles. The van der Waals surface area contributed by atoms with E-state index in [1.165, 1.54) is 24.6 Å². The number of carbonyl (C=O) groups is 1. The molecule has 1 aliphatic heterocycles. The van der Waals surface area contributed by atoms with E-state index in [9.17, 15) is 4.79 Å². The van der Waals surface area contributed by atoms with E-state index in [0.717, 1.165) is 41.3 Å². The van der Waals surface area contributed by atoms with Crippen molar-refractivity contribution in [3.8, 4) is 0 Å². The Bertz CT molecular complexity index is 467. The van der Waals surface area contributed by atoms with Crippen molar-refractivity contribution in [2.75, 3.05) is 18.8 Å². The molecule has 0 radical (unpaired) electrons. The summed E-state index contributed by atoms with van der Waals surface area (Å²) in [5, 5.41) is 12.1. The minimum absolute atomic E-state index is 0.118. The van der Waals surface area contributed by atoms with E-state index in [0.29, 0.717) is 11.8 Å². The summed E-state index contributed by atoms with van der Waals surface area (Å²) in [5.41, 5.74) is 0. The van der Waals surface area contributed by atoms with Gasteiger partial charge in [0.2, 0.25) is 5.91 Å². The van der Waals surface area contributed by atoms with Crippen molar-refractivity contribution < 1.29 is 4.79 Å². The number of aryl methyl sites for hydroxylation is 1. The maximum Gasteiger partial charge on any atom is 0.230 e. The number of rotatable bonds is 5. The van der Waals surface area contributed by atoms with Crippen LogP contribution in [0.3, 0.4) is 0 Å². The molecule has 2 aliphatic rings. The summed E-state index contributed by atoms with van der Waals surface area (Å²) < 4.78 is 0.876. The predicted molar refractivity (Wildman–Crippen MR) is 81.1 cm³/mol. The summed E-state index contributed by atoms with van der Waals surface area (Å²) in [6.07, 6.45) is 4.92. The summed E-state index contributed by atoms with van der Waals surface area (Å²) in [7, 11) is 0. The van der Waals surface area contributed by atoms with Crippen molar-refractivity contribution >= 4 is 29.0 Å². The molecule has 0 aromatic carbocycles. The van der Waals surface area contributed by atoms with E-state index in [1.807, 2.05) is 6.92 Å². The Morgan fingerprint density at radius 3 is 2.70 bits per heavy atom. The highest BCUT2D eigenvalue weighted by atomic mass is 32.2. The van der Waals surface area contributed by atoms with Crippen molar-refractivity contribution in [3.05, 3.63) is 5.01 Å².